The van der Waals surface area contributed by atoms with Crippen LogP contribution in [0.2, 0.25) is 0 Å². The largest absolute Gasteiger partial charge is 0.493 e. The van der Waals surface area contributed by atoms with Crippen LogP contribution in [0, 0.1) is 6.92 Å². The number of nitrogens with one attached hydrogen (secondary N) is 1. The lowest BCUT2D eigenvalue weighted by Gasteiger charge is -2.22. The van der Waals surface area contributed by atoms with Crippen LogP contribution in [0.3, 0.4) is 0 Å². The summed E-state index contributed by atoms with van der Waals surface area (Å²) in [4.78, 5) is 28.8. The van der Waals surface area contributed by atoms with Crippen LogP contribution in [0.15, 0.2) is 59.0 Å². The molecular formula is C27H32N2O6. The molecule has 3 aromatic rings. The summed E-state index contributed by atoms with van der Waals surface area (Å²) in [6.45, 7) is 7.60. The highest BCUT2D eigenvalue weighted by atomic mass is 16.6. The Labute approximate surface area is 205 Å². The third-order valence-corrected chi connectivity index (χ3v) is 5.06. The van der Waals surface area contributed by atoms with E-state index in [0.717, 1.165) is 22.6 Å². The number of aryl methyl sites for hydroxylation is 1. The van der Waals surface area contributed by atoms with E-state index >= 15 is 0 Å². The number of carbonyl (C=O) groups is 2. The van der Waals surface area contributed by atoms with Crippen LogP contribution >= 0.6 is 0 Å². The van der Waals surface area contributed by atoms with Gasteiger partial charge in [0.2, 0.25) is 5.89 Å². The topological polar surface area (TPSA) is 99.9 Å². The van der Waals surface area contributed by atoms with Crippen LogP contribution in [-0.4, -0.2) is 42.4 Å². The minimum atomic E-state index is -0.865. The zero-order valence-electron chi connectivity index (χ0n) is 20.8. The molecule has 186 valence electrons. The summed E-state index contributed by atoms with van der Waals surface area (Å²) in [5, 5.41) is 2.58. The molecule has 3 rings (SSSR count). The van der Waals surface area contributed by atoms with Gasteiger partial charge in [-0.05, 0) is 57.5 Å². The maximum absolute atomic E-state index is 12.1. The van der Waals surface area contributed by atoms with E-state index in [0.29, 0.717) is 24.7 Å². The van der Waals surface area contributed by atoms with Gasteiger partial charge in [-0.15, -0.1) is 0 Å². The summed E-state index contributed by atoms with van der Waals surface area (Å²) in [6, 6.07) is 16.2. The molecule has 0 aliphatic carbocycles. The molecule has 35 heavy (non-hydrogen) atoms. The van der Waals surface area contributed by atoms with E-state index in [2.05, 4.69) is 10.3 Å². The fourth-order valence-electron chi connectivity index (χ4n) is 3.37. The standard InChI is InChI=1S/C27H32N2O6/c1-18-22(28-24(34-18)20-9-7-6-8-10-20)15-16-33-21-13-11-19(12-14-21)17-23(25(30)32-5)29-26(31)35-27(2,3)4/h6-14,23H,15-17H2,1-5H3,(H,29,31). The van der Waals surface area contributed by atoms with E-state index in [4.69, 9.17) is 18.6 Å². The van der Waals surface area contributed by atoms with Gasteiger partial charge in [0.15, 0.2) is 0 Å². The third-order valence-electron chi connectivity index (χ3n) is 5.06. The van der Waals surface area contributed by atoms with Gasteiger partial charge >= 0.3 is 12.1 Å². The Morgan fingerprint density at radius 2 is 1.74 bits per heavy atom. The Morgan fingerprint density at radius 3 is 2.37 bits per heavy atom. The van der Waals surface area contributed by atoms with Crippen molar-refractivity contribution in [3.8, 4) is 17.2 Å². The molecule has 1 N–H and O–H groups in total. The maximum atomic E-state index is 12.1. The summed E-state index contributed by atoms with van der Waals surface area (Å²) in [6.07, 6.45) is 0.187. The summed E-state index contributed by atoms with van der Waals surface area (Å²) in [5.74, 6) is 1.51. The van der Waals surface area contributed by atoms with Crippen molar-refractivity contribution in [1.82, 2.24) is 10.3 Å². The van der Waals surface area contributed by atoms with E-state index in [9.17, 15) is 9.59 Å². The molecule has 0 spiro atoms. The molecular weight excluding hydrogens is 448 g/mol. The van der Waals surface area contributed by atoms with Crippen molar-refractivity contribution in [1.29, 1.82) is 0 Å². The van der Waals surface area contributed by atoms with Crippen LogP contribution < -0.4 is 10.1 Å². The molecule has 1 amide bonds. The normalized spacial score (nSPS) is 12.0. The highest BCUT2D eigenvalue weighted by Crippen LogP contribution is 2.22. The lowest BCUT2D eigenvalue weighted by Crippen LogP contribution is -2.45. The second-order valence-corrected chi connectivity index (χ2v) is 9.06. The van der Waals surface area contributed by atoms with Crippen molar-refractivity contribution in [2.45, 2.75) is 52.2 Å². The van der Waals surface area contributed by atoms with Crippen molar-refractivity contribution in [3.05, 3.63) is 71.6 Å². The minimum Gasteiger partial charge on any atom is -0.493 e. The zero-order chi connectivity index (χ0) is 25.4. The zero-order valence-corrected chi connectivity index (χ0v) is 20.8. The molecule has 0 aliphatic rings. The number of esters is 1. The molecule has 1 aromatic heterocycles. The first-order valence-corrected chi connectivity index (χ1v) is 11.5. The second kappa shape index (κ2) is 11.6. The predicted octanol–water partition coefficient (Wildman–Crippen LogP) is 4.88. The number of carbonyl (C=O) groups excluding carboxylic acids is 2. The Bertz CT molecular complexity index is 1120. The molecule has 1 heterocycles. The summed E-state index contributed by atoms with van der Waals surface area (Å²) >= 11 is 0. The Morgan fingerprint density at radius 1 is 1.06 bits per heavy atom. The lowest BCUT2D eigenvalue weighted by molar-refractivity contribution is -0.143. The number of alkyl carbamates (subject to hydrolysis) is 1. The summed E-state index contributed by atoms with van der Waals surface area (Å²) < 4.78 is 21.7. The van der Waals surface area contributed by atoms with E-state index in [1.54, 1.807) is 20.8 Å². The van der Waals surface area contributed by atoms with Crippen molar-refractivity contribution in [3.63, 3.8) is 0 Å². The number of methoxy groups -OCH3 is 1. The molecule has 0 saturated heterocycles. The molecule has 8 heteroatoms. The van der Waals surface area contributed by atoms with Gasteiger partial charge in [-0.3, -0.25) is 0 Å². The number of nitrogens with zero attached hydrogens (tertiary/aromatic N) is 1. The average Bonchev–Trinajstić information content (AvgIpc) is 3.19. The Kier molecular flexibility index (Phi) is 8.52. The van der Waals surface area contributed by atoms with E-state index in [1.807, 2.05) is 61.5 Å². The van der Waals surface area contributed by atoms with Crippen LogP contribution in [-0.2, 0) is 27.1 Å². The number of oxazole rings is 1. The Hall–Kier alpha value is -3.81. The molecule has 0 aliphatic heterocycles. The number of rotatable bonds is 9. The van der Waals surface area contributed by atoms with Crippen LogP contribution in [0.4, 0.5) is 4.79 Å². The van der Waals surface area contributed by atoms with Crippen molar-refractivity contribution in [2.75, 3.05) is 13.7 Å². The molecule has 1 atom stereocenters. The molecule has 1 unspecified atom stereocenters. The van der Waals surface area contributed by atoms with E-state index in [1.165, 1.54) is 7.11 Å². The van der Waals surface area contributed by atoms with Crippen molar-refractivity contribution in [2.24, 2.45) is 0 Å². The van der Waals surface area contributed by atoms with Gasteiger partial charge in [-0.2, -0.15) is 0 Å². The number of hydrogen-bond acceptors (Lipinski definition) is 7. The van der Waals surface area contributed by atoms with Gasteiger partial charge in [-0.1, -0.05) is 30.3 Å². The first-order chi connectivity index (χ1) is 16.6. The van der Waals surface area contributed by atoms with E-state index < -0.39 is 23.7 Å². The smallest absolute Gasteiger partial charge is 0.408 e. The lowest BCUT2D eigenvalue weighted by atomic mass is 10.1. The summed E-state index contributed by atoms with van der Waals surface area (Å²) in [5.41, 5.74) is 1.96. The minimum absolute atomic E-state index is 0.257. The van der Waals surface area contributed by atoms with Crippen LogP contribution in [0.5, 0.6) is 5.75 Å². The quantitative estimate of drug-likeness (QED) is 0.436. The molecule has 0 saturated carbocycles. The molecule has 2 aromatic carbocycles. The monoisotopic (exact) mass is 480 g/mol. The van der Waals surface area contributed by atoms with Crippen molar-refractivity contribution < 1.29 is 28.2 Å². The molecule has 0 fully saturated rings. The van der Waals surface area contributed by atoms with Crippen LogP contribution in [0.25, 0.3) is 11.5 Å². The van der Waals surface area contributed by atoms with E-state index in [-0.39, 0.29) is 6.42 Å². The third kappa shape index (κ3) is 7.88. The van der Waals surface area contributed by atoms with Crippen LogP contribution in [0.1, 0.15) is 37.8 Å². The highest BCUT2D eigenvalue weighted by Gasteiger charge is 2.25. The first-order valence-electron chi connectivity index (χ1n) is 11.5. The van der Waals surface area contributed by atoms with Crippen molar-refractivity contribution >= 4 is 12.1 Å². The fourth-order valence-corrected chi connectivity index (χ4v) is 3.37. The number of hydrogen-bond donors (Lipinski definition) is 1. The molecule has 0 bridgehead atoms. The SMILES string of the molecule is COC(=O)C(Cc1ccc(OCCc2nc(-c3ccccc3)oc2C)cc1)NC(=O)OC(C)(C)C. The van der Waals surface area contributed by atoms with Gasteiger partial charge in [-0.25, -0.2) is 14.6 Å². The summed E-state index contributed by atoms with van der Waals surface area (Å²) in [7, 11) is 1.28. The van der Waals surface area contributed by atoms with Gasteiger partial charge < -0.3 is 23.9 Å². The average molecular weight is 481 g/mol. The van der Waals surface area contributed by atoms with Gasteiger partial charge in [0.05, 0.1) is 19.4 Å². The second-order valence-electron chi connectivity index (χ2n) is 9.06. The predicted molar refractivity (Wildman–Crippen MR) is 131 cm³/mol. The number of ether oxygens (including phenoxy) is 3. The number of aromatic nitrogens is 1. The Balaban J connectivity index is 1.54. The maximum Gasteiger partial charge on any atom is 0.408 e. The van der Waals surface area contributed by atoms with Gasteiger partial charge in [0, 0.05) is 18.4 Å². The first kappa shape index (κ1) is 25.8. The molecule has 0 radical (unpaired) electrons. The number of amides is 1. The molecule has 8 nitrogen and oxygen atoms in total. The van der Waals surface area contributed by atoms with Gasteiger partial charge in [0.25, 0.3) is 0 Å². The fraction of sp³-hybridized carbons (Fsp3) is 0.370. The number of benzene rings is 2. The highest BCUT2D eigenvalue weighted by molar-refractivity contribution is 5.81. The van der Waals surface area contributed by atoms with Gasteiger partial charge in [0.1, 0.15) is 23.2 Å².